The van der Waals surface area contributed by atoms with E-state index < -0.39 is 5.97 Å². The van der Waals surface area contributed by atoms with Crippen molar-refractivity contribution in [2.24, 2.45) is 0 Å². The van der Waals surface area contributed by atoms with Crippen molar-refractivity contribution in [2.75, 3.05) is 5.32 Å². The number of rotatable bonds is 4. The fourth-order valence-corrected chi connectivity index (χ4v) is 2.56. The van der Waals surface area contributed by atoms with Crippen LogP contribution in [0.3, 0.4) is 0 Å². The molecule has 0 amide bonds. The Bertz CT molecular complexity index is 614. The van der Waals surface area contributed by atoms with Crippen LogP contribution in [0.5, 0.6) is 0 Å². The molecule has 2 aromatic rings. The molecule has 0 unspecified atom stereocenters. The van der Waals surface area contributed by atoms with Crippen molar-refractivity contribution in [3.05, 3.63) is 62.5 Å². The summed E-state index contributed by atoms with van der Waals surface area (Å²) in [4.78, 5) is 10.8. The lowest BCUT2D eigenvalue weighted by molar-refractivity contribution is 0.0697. The molecule has 2 rings (SSSR count). The Kier molecular flexibility index (Phi) is 4.61. The molecule has 0 atom stereocenters. The normalized spacial score (nSPS) is 10.2. The lowest BCUT2D eigenvalue weighted by Crippen LogP contribution is -2.02. The predicted octanol–water partition coefficient (Wildman–Crippen LogP) is 4.52. The van der Waals surface area contributed by atoms with Crippen LogP contribution in [-0.2, 0) is 6.54 Å². The molecule has 2 aromatic carbocycles. The topological polar surface area (TPSA) is 49.3 Å². The van der Waals surface area contributed by atoms with Gasteiger partial charge in [-0.05, 0) is 45.8 Å². The summed E-state index contributed by atoms with van der Waals surface area (Å²) in [5.74, 6) is -0.925. The summed E-state index contributed by atoms with van der Waals surface area (Å²) in [5.41, 5.74) is 2.27. The molecule has 0 aliphatic heterocycles. The van der Waals surface area contributed by atoms with Gasteiger partial charge in [0.25, 0.3) is 0 Å². The van der Waals surface area contributed by atoms with E-state index >= 15 is 0 Å². The molecule has 0 fully saturated rings. The molecule has 0 heterocycles. The molecule has 0 aromatic heterocycles. The number of hydrogen-bond acceptors (Lipinski definition) is 2. The summed E-state index contributed by atoms with van der Waals surface area (Å²) >= 11 is 6.86. The van der Waals surface area contributed by atoms with Crippen LogP contribution in [-0.4, -0.2) is 11.1 Å². The lowest BCUT2D eigenvalue weighted by atomic mass is 10.1. The molecule has 0 saturated carbocycles. The summed E-state index contributed by atoms with van der Waals surface area (Å²) in [6, 6.07) is 12.9. The number of aromatic carboxylic acids is 1. The Morgan fingerprint density at radius 2 is 1.84 bits per heavy atom. The molecular formula is C14H11Br2NO2. The molecule has 2 N–H and O–H groups in total. The zero-order chi connectivity index (χ0) is 13.8. The molecule has 0 saturated heterocycles. The molecule has 98 valence electrons. The highest BCUT2D eigenvalue weighted by Gasteiger charge is 2.07. The van der Waals surface area contributed by atoms with Crippen molar-refractivity contribution >= 4 is 43.5 Å². The number of carbonyl (C=O) groups is 1. The van der Waals surface area contributed by atoms with Crippen LogP contribution in [0.2, 0.25) is 0 Å². The van der Waals surface area contributed by atoms with E-state index in [0.29, 0.717) is 6.54 Å². The van der Waals surface area contributed by atoms with Gasteiger partial charge in [0.2, 0.25) is 0 Å². The summed E-state index contributed by atoms with van der Waals surface area (Å²) in [7, 11) is 0. The van der Waals surface area contributed by atoms with Gasteiger partial charge in [-0.3, -0.25) is 0 Å². The van der Waals surface area contributed by atoms with Gasteiger partial charge >= 0.3 is 5.97 Å². The van der Waals surface area contributed by atoms with Gasteiger partial charge in [-0.1, -0.05) is 34.1 Å². The second kappa shape index (κ2) is 6.21. The van der Waals surface area contributed by atoms with Crippen LogP contribution in [0, 0.1) is 0 Å². The highest BCUT2D eigenvalue weighted by atomic mass is 79.9. The Labute approximate surface area is 127 Å². The molecule has 0 radical (unpaired) electrons. The highest BCUT2D eigenvalue weighted by molar-refractivity contribution is 9.11. The van der Waals surface area contributed by atoms with Crippen molar-refractivity contribution in [3.8, 4) is 0 Å². The Balaban J connectivity index is 2.12. The van der Waals surface area contributed by atoms with Gasteiger partial charge in [0.15, 0.2) is 0 Å². The first-order valence-corrected chi connectivity index (χ1v) is 7.16. The van der Waals surface area contributed by atoms with E-state index in [1.165, 1.54) is 0 Å². The fraction of sp³-hybridized carbons (Fsp3) is 0.0714. The van der Waals surface area contributed by atoms with E-state index in [2.05, 4.69) is 37.2 Å². The largest absolute Gasteiger partial charge is 0.478 e. The van der Waals surface area contributed by atoms with Crippen molar-refractivity contribution < 1.29 is 9.90 Å². The van der Waals surface area contributed by atoms with Crippen molar-refractivity contribution in [1.29, 1.82) is 0 Å². The van der Waals surface area contributed by atoms with Crippen LogP contribution < -0.4 is 5.32 Å². The van der Waals surface area contributed by atoms with Crippen LogP contribution in [0.25, 0.3) is 0 Å². The Hall–Kier alpha value is -1.33. The zero-order valence-corrected chi connectivity index (χ0v) is 13.0. The maximum absolute atomic E-state index is 10.8. The number of para-hydroxylation sites is 1. The standard InChI is InChI=1S/C14H11Br2NO2/c15-11-3-1-2-4-13(11)17-8-10-6-5-9(14(18)19)7-12(10)16/h1-7,17H,8H2,(H,18,19). The second-order valence-electron chi connectivity index (χ2n) is 3.94. The molecule has 3 nitrogen and oxygen atoms in total. The third-order valence-electron chi connectivity index (χ3n) is 2.64. The maximum atomic E-state index is 10.8. The first-order valence-electron chi connectivity index (χ1n) is 5.58. The molecule has 0 spiro atoms. The Morgan fingerprint density at radius 1 is 1.11 bits per heavy atom. The summed E-state index contributed by atoms with van der Waals surface area (Å²) in [6.45, 7) is 0.614. The molecular weight excluding hydrogens is 374 g/mol. The minimum atomic E-state index is -0.925. The van der Waals surface area contributed by atoms with E-state index in [1.54, 1.807) is 18.2 Å². The quantitative estimate of drug-likeness (QED) is 0.814. The molecule has 0 aliphatic rings. The van der Waals surface area contributed by atoms with Gasteiger partial charge in [-0.15, -0.1) is 0 Å². The number of halogens is 2. The van der Waals surface area contributed by atoms with Crippen LogP contribution >= 0.6 is 31.9 Å². The molecule has 5 heteroatoms. The zero-order valence-electron chi connectivity index (χ0n) is 9.86. The van der Waals surface area contributed by atoms with Crippen LogP contribution in [0.1, 0.15) is 15.9 Å². The van der Waals surface area contributed by atoms with Crippen LogP contribution in [0.4, 0.5) is 5.69 Å². The van der Waals surface area contributed by atoms with Crippen molar-refractivity contribution in [2.45, 2.75) is 6.54 Å². The van der Waals surface area contributed by atoms with Gasteiger partial charge in [-0.25, -0.2) is 4.79 Å². The summed E-state index contributed by atoms with van der Waals surface area (Å²) in [6.07, 6.45) is 0. The van der Waals surface area contributed by atoms with Crippen LogP contribution in [0.15, 0.2) is 51.4 Å². The lowest BCUT2D eigenvalue weighted by Gasteiger charge is -2.10. The Morgan fingerprint density at radius 3 is 2.47 bits per heavy atom. The van der Waals surface area contributed by atoms with Crippen molar-refractivity contribution in [3.63, 3.8) is 0 Å². The number of carboxylic acid groups (broad SMARTS) is 1. The van der Waals surface area contributed by atoms with Gasteiger partial charge in [0.05, 0.1) is 5.56 Å². The van der Waals surface area contributed by atoms with Gasteiger partial charge in [0.1, 0.15) is 0 Å². The van der Waals surface area contributed by atoms with Gasteiger partial charge < -0.3 is 10.4 Å². The predicted molar refractivity (Wildman–Crippen MR) is 82.6 cm³/mol. The smallest absolute Gasteiger partial charge is 0.335 e. The number of carboxylic acids is 1. The number of hydrogen-bond donors (Lipinski definition) is 2. The van der Waals surface area contributed by atoms with Gasteiger partial charge in [-0.2, -0.15) is 0 Å². The first kappa shape index (κ1) is 14.1. The summed E-state index contributed by atoms with van der Waals surface area (Å²) in [5, 5.41) is 12.2. The van der Waals surface area contributed by atoms with E-state index in [4.69, 9.17) is 5.11 Å². The van der Waals surface area contributed by atoms with E-state index in [1.807, 2.05) is 24.3 Å². The summed E-state index contributed by atoms with van der Waals surface area (Å²) < 4.78 is 1.78. The van der Waals surface area contributed by atoms with Crippen molar-refractivity contribution in [1.82, 2.24) is 0 Å². The first-order chi connectivity index (χ1) is 9.08. The van der Waals surface area contributed by atoms with Gasteiger partial charge in [0, 0.05) is 21.2 Å². The monoisotopic (exact) mass is 383 g/mol. The second-order valence-corrected chi connectivity index (χ2v) is 5.65. The fourth-order valence-electron chi connectivity index (χ4n) is 1.62. The number of nitrogens with one attached hydrogen (secondary N) is 1. The van der Waals surface area contributed by atoms with E-state index in [0.717, 1.165) is 20.2 Å². The molecule has 0 aliphatic carbocycles. The average molecular weight is 385 g/mol. The maximum Gasteiger partial charge on any atom is 0.335 e. The van der Waals surface area contributed by atoms with E-state index in [9.17, 15) is 4.79 Å². The average Bonchev–Trinajstić information content (AvgIpc) is 2.39. The van der Waals surface area contributed by atoms with E-state index in [-0.39, 0.29) is 5.56 Å². The minimum absolute atomic E-state index is 0.275. The molecule has 0 bridgehead atoms. The number of anilines is 1. The molecule has 19 heavy (non-hydrogen) atoms. The third kappa shape index (κ3) is 3.58. The number of benzene rings is 2. The highest BCUT2D eigenvalue weighted by Crippen LogP contribution is 2.24. The third-order valence-corrected chi connectivity index (χ3v) is 4.07. The minimum Gasteiger partial charge on any atom is -0.478 e. The SMILES string of the molecule is O=C(O)c1ccc(CNc2ccccc2Br)c(Br)c1.